The maximum atomic E-state index is 13.4. The predicted molar refractivity (Wildman–Crippen MR) is 364 cm³/mol. The van der Waals surface area contributed by atoms with E-state index in [9.17, 15) is 61.0 Å². The number of aliphatic hydroxyl groups is 11. The van der Waals surface area contributed by atoms with Gasteiger partial charge < -0.3 is 89.9 Å². The number of hydrogen-bond donors (Lipinski definition) is 12. The first-order valence-electron chi connectivity index (χ1n) is 36.0. The number of amides is 1. The molecule has 3 aliphatic rings. The van der Waals surface area contributed by atoms with E-state index in [4.69, 9.17) is 28.4 Å². The summed E-state index contributed by atoms with van der Waals surface area (Å²) < 4.78 is 34.4. The highest BCUT2D eigenvalue weighted by molar-refractivity contribution is 5.76. The number of carbonyl (C=O) groups excluding carboxylic acids is 1. The van der Waals surface area contributed by atoms with Gasteiger partial charge in [0.2, 0.25) is 5.91 Å². The highest BCUT2D eigenvalue weighted by atomic mass is 16.8. The Hall–Kier alpha value is -3.29. The van der Waals surface area contributed by atoms with Crippen LogP contribution in [0.5, 0.6) is 0 Å². The highest BCUT2D eigenvalue weighted by Crippen LogP contribution is 2.33. The number of aliphatic hydroxyl groups excluding tert-OH is 11. The first-order valence-corrected chi connectivity index (χ1v) is 36.0. The van der Waals surface area contributed by atoms with Crippen molar-refractivity contribution < 1.29 is 89.4 Å². The van der Waals surface area contributed by atoms with Gasteiger partial charge in [-0.15, -0.1) is 0 Å². The maximum absolute atomic E-state index is 13.4. The Kier molecular flexibility index (Phi) is 49.4. The summed E-state index contributed by atoms with van der Waals surface area (Å²) in [6.07, 6.45) is 44.7. The summed E-state index contributed by atoms with van der Waals surface area (Å²) in [5, 5.41) is 121. The van der Waals surface area contributed by atoms with Gasteiger partial charge in [0.1, 0.15) is 73.2 Å². The molecule has 93 heavy (non-hydrogen) atoms. The van der Waals surface area contributed by atoms with Crippen molar-refractivity contribution >= 4 is 5.91 Å². The topological polar surface area (TPSA) is 307 Å². The third kappa shape index (κ3) is 36.2. The molecular weight excluding hydrogens is 1190 g/mol. The molecule has 0 spiro atoms. The average Bonchev–Trinajstić information content (AvgIpc) is 0.900. The van der Waals surface area contributed by atoms with Crippen molar-refractivity contribution in [3.8, 4) is 0 Å². The van der Waals surface area contributed by atoms with Gasteiger partial charge >= 0.3 is 0 Å². The Morgan fingerprint density at radius 2 is 0.742 bits per heavy atom. The number of rotatable bonds is 54. The van der Waals surface area contributed by atoms with E-state index >= 15 is 0 Å². The monoisotopic (exact) mass is 1320 g/mol. The molecule has 19 heteroatoms. The van der Waals surface area contributed by atoms with Crippen molar-refractivity contribution in [3.63, 3.8) is 0 Å². The minimum atomic E-state index is -1.98. The Bertz CT molecular complexity index is 2060. The molecule has 0 aliphatic carbocycles. The van der Waals surface area contributed by atoms with Crippen LogP contribution in [0.2, 0.25) is 0 Å². The zero-order chi connectivity index (χ0) is 67.5. The van der Waals surface area contributed by atoms with Crippen molar-refractivity contribution in [1.82, 2.24) is 5.32 Å². The van der Waals surface area contributed by atoms with Crippen LogP contribution in [0, 0.1) is 0 Å². The molecule has 3 rings (SSSR count). The molecule has 536 valence electrons. The normalized spacial score (nSPS) is 28.1. The van der Waals surface area contributed by atoms with Crippen LogP contribution >= 0.6 is 0 Å². The van der Waals surface area contributed by atoms with Gasteiger partial charge in [0, 0.05) is 6.42 Å². The predicted octanol–water partition coefficient (Wildman–Crippen LogP) is 10.0. The molecule has 12 N–H and O–H groups in total. The molecule has 17 unspecified atom stereocenters. The quantitative estimate of drug-likeness (QED) is 0.0199. The van der Waals surface area contributed by atoms with E-state index < -0.39 is 124 Å². The number of carbonyl (C=O) groups is 1. The van der Waals surface area contributed by atoms with Crippen LogP contribution in [-0.4, -0.2) is 193 Å². The smallest absolute Gasteiger partial charge is 0.220 e. The van der Waals surface area contributed by atoms with Crippen LogP contribution in [0.4, 0.5) is 0 Å². The zero-order valence-electron chi connectivity index (χ0n) is 56.7. The second kappa shape index (κ2) is 54.7. The zero-order valence-corrected chi connectivity index (χ0v) is 56.7. The molecule has 3 fully saturated rings. The van der Waals surface area contributed by atoms with Gasteiger partial charge in [-0.1, -0.05) is 246 Å². The van der Waals surface area contributed by atoms with Crippen LogP contribution in [0.15, 0.2) is 97.2 Å². The van der Waals surface area contributed by atoms with Crippen LogP contribution < -0.4 is 5.32 Å². The van der Waals surface area contributed by atoms with Crippen LogP contribution in [0.25, 0.3) is 0 Å². The van der Waals surface area contributed by atoms with Gasteiger partial charge in [0.25, 0.3) is 0 Å². The molecule has 17 atom stereocenters. The molecule has 3 heterocycles. The van der Waals surface area contributed by atoms with E-state index in [1.54, 1.807) is 0 Å². The first kappa shape index (κ1) is 83.9. The lowest BCUT2D eigenvalue weighted by atomic mass is 9.96. The van der Waals surface area contributed by atoms with Crippen molar-refractivity contribution in [1.29, 1.82) is 0 Å². The van der Waals surface area contributed by atoms with Gasteiger partial charge in [-0.05, 0) is 77.0 Å². The van der Waals surface area contributed by atoms with Crippen molar-refractivity contribution in [2.45, 2.75) is 336 Å². The molecule has 3 aliphatic heterocycles. The molecule has 0 radical (unpaired) electrons. The van der Waals surface area contributed by atoms with Gasteiger partial charge in [-0.3, -0.25) is 4.79 Å². The lowest BCUT2D eigenvalue weighted by Gasteiger charge is -2.48. The fourth-order valence-electron chi connectivity index (χ4n) is 11.6. The molecule has 0 aromatic rings. The van der Waals surface area contributed by atoms with Crippen molar-refractivity contribution in [2.24, 2.45) is 0 Å². The fourth-order valence-corrected chi connectivity index (χ4v) is 11.6. The fraction of sp³-hybridized carbons (Fsp3) is 0.770. The van der Waals surface area contributed by atoms with Crippen molar-refractivity contribution in [2.75, 3.05) is 26.4 Å². The van der Waals surface area contributed by atoms with Gasteiger partial charge in [-0.2, -0.15) is 0 Å². The standard InChI is InChI=1S/C74H127NO18/c1-3-5-7-9-11-13-15-17-19-21-22-23-24-25-26-27-28-29-30-31-32-33-34-36-38-40-42-44-46-48-50-52-62(80)75-57(58(79)51-49-47-45-43-41-39-37-35-20-18-16-14-12-10-8-6-4-2)56-88-72-68(86)65(83)70(60(54-77)90-72)93-74-69(87)66(84)71(61(55-78)91-74)92-73-67(85)64(82)63(81)59(53-76)89-73/h5,7,11,13,17,19,22-23,25-26,28-29,31-32,34,36,57-61,63-74,76-79,81-87H,3-4,6,8-10,12,14-16,18,20-21,24,27,30,33,35,37-56H2,1-2H3,(H,75,80)/b7-5-,13-11-,19-17-,23-22-,26-25-,29-28-,32-31-,36-34-. The Labute approximate surface area is 558 Å². The van der Waals surface area contributed by atoms with E-state index in [1.165, 1.54) is 83.5 Å². The highest BCUT2D eigenvalue weighted by Gasteiger charge is 2.53. The number of hydrogen-bond acceptors (Lipinski definition) is 18. The SMILES string of the molecule is CC/C=C\C/C=C\C/C=C\C/C=C\C/C=C\C/C=C\C/C=C\C/C=C\CCCCCCCCC(=O)NC(COC1OC(CO)C(OC2OC(CO)C(OC3OC(CO)C(O)C(O)C3O)C(O)C2O)C(O)C1O)C(O)CCCCCCCCCCCCCCCCCCC. The minimum absolute atomic E-state index is 0.243. The first-order chi connectivity index (χ1) is 45.3. The summed E-state index contributed by atoms with van der Waals surface area (Å²) in [6.45, 7) is 1.67. The summed E-state index contributed by atoms with van der Waals surface area (Å²) >= 11 is 0. The van der Waals surface area contributed by atoms with Crippen LogP contribution in [-0.2, 0) is 33.2 Å². The Balaban J connectivity index is 1.41. The summed E-state index contributed by atoms with van der Waals surface area (Å²) in [4.78, 5) is 13.4. The molecule has 3 saturated heterocycles. The minimum Gasteiger partial charge on any atom is -0.394 e. The lowest BCUT2D eigenvalue weighted by molar-refractivity contribution is -0.379. The summed E-state index contributed by atoms with van der Waals surface area (Å²) in [7, 11) is 0. The second-order valence-electron chi connectivity index (χ2n) is 25.3. The molecular formula is C74H127NO18. The number of allylic oxidation sites excluding steroid dienone is 16. The van der Waals surface area contributed by atoms with E-state index in [0.717, 1.165) is 116 Å². The molecule has 1 amide bonds. The van der Waals surface area contributed by atoms with E-state index in [2.05, 4.69) is 116 Å². The number of ether oxygens (including phenoxy) is 6. The largest absolute Gasteiger partial charge is 0.394 e. The molecule has 19 nitrogen and oxygen atoms in total. The van der Waals surface area contributed by atoms with Gasteiger partial charge in [0.05, 0.1) is 38.6 Å². The van der Waals surface area contributed by atoms with Crippen molar-refractivity contribution in [3.05, 3.63) is 97.2 Å². The summed E-state index contributed by atoms with van der Waals surface area (Å²) in [6, 6.07) is -0.903. The van der Waals surface area contributed by atoms with Crippen LogP contribution in [0.3, 0.4) is 0 Å². The molecule has 0 saturated carbocycles. The Morgan fingerprint density at radius 1 is 0.398 bits per heavy atom. The second-order valence-corrected chi connectivity index (χ2v) is 25.3. The van der Waals surface area contributed by atoms with Gasteiger partial charge in [-0.25, -0.2) is 0 Å². The molecule has 0 aromatic heterocycles. The lowest BCUT2D eigenvalue weighted by Crippen LogP contribution is -2.66. The van der Waals surface area contributed by atoms with Crippen LogP contribution in [0.1, 0.15) is 232 Å². The third-order valence-corrected chi connectivity index (χ3v) is 17.4. The van der Waals surface area contributed by atoms with E-state index in [-0.39, 0.29) is 18.9 Å². The molecule has 0 bridgehead atoms. The summed E-state index contributed by atoms with van der Waals surface area (Å²) in [5.41, 5.74) is 0. The van der Waals surface area contributed by atoms with E-state index in [1.807, 2.05) is 0 Å². The average molecular weight is 1320 g/mol. The maximum Gasteiger partial charge on any atom is 0.220 e. The van der Waals surface area contributed by atoms with E-state index in [0.29, 0.717) is 12.8 Å². The third-order valence-electron chi connectivity index (χ3n) is 17.4. The number of unbranched alkanes of at least 4 members (excludes halogenated alkanes) is 22. The Morgan fingerprint density at radius 3 is 1.16 bits per heavy atom. The summed E-state index contributed by atoms with van der Waals surface area (Å²) in [5.74, 6) is -0.260. The number of nitrogens with one attached hydrogen (secondary N) is 1. The van der Waals surface area contributed by atoms with Gasteiger partial charge in [0.15, 0.2) is 18.9 Å². The molecule has 0 aromatic carbocycles.